The molecule has 1 aromatic heterocycles. The molecule has 1 amide bonds. The van der Waals surface area contributed by atoms with Crippen LogP contribution in [0.15, 0.2) is 59.6 Å². The van der Waals surface area contributed by atoms with Gasteiger partial charge in [-0.3, -0.25) is 9.69 Å². The van der Waals surface area contributed by atoms with Gasteiger partial charge >= 0.3 is 0 Å². The minimum absolute atomic E-state index is 0.0120. The van der Waals surface area contributed by atoms with Crippen molar-refractivity contribution < 1.29 is 4.79 Å². The number of pyridine rings is 1. The summed E-state index contributed by atoms with van der Waals surface area (Å²) < 4.78 is 0. The lowest BCUT2D eigenvalue weighted by atomic mass is 10.0. The molecule has 5 rings (SSSR count). The van der Waals surface area contributed by atoms with Crippen molar-refractivity contribution in [3.05, 3.63) is 82.5 Å². The number of rotatable bonds is 3. The van der Waals surface area contributed by atoms with Crippen molar-refractivity contribution in [3.8, 4) is 6.07 Å². The van der Waals surface area contributed by atoms with Crippen LogP contribution in [0.1, 0.15) is 41.3 Å². The van der Waals surface area contributed by atoms with Gasteiger partial charge in [0.25, 0.3) is 0 Å². The summed E-state index contributed by atoms with van der Waals surface area (Å²) in [4.78, 5) is 20.4. The zero-order chi connectivity index (χ0) is 21.4. The number of hydrogen-bond donors (Lipinski definition) is 0. The Morgan fingerprint density at radius 2 is 1.65 bits per heavy atom. The number of para-hydroxylation sites is 2. The SMILES string of the molecule is CC(Sc1nc2c(cc1C#N)CCC2)C(=O)N1c2ccccc2CCc2ccccc21. The summed E-state index contributed by atoms with van der Waals surface area (Å²) in [6.07, 6.45) is 4.83. The fourth-order valence-electron chi connectivity index (χ4n) is 4.54. The van der Waals surface area contributed by atoms with Crippen LogP contribution in [0.2, 0.25) is 0 Å². The second-order valence-corrected chi connectivity index (χ2v) is 9.43. The summed E-state index contributed by atoms with van der Waals surface area (Å²) in [5, 5.41) is 9.94. The molecule has 2 aliphatic rings. The summed E-state index contributed by atoms with van der Waals surface area (Å²) >= 11 is 1.39. The third kappa shape index (κ3) is 3.62. The molecular formula is C26H23N3OS. The van der Waals surface area contributed by atoms with E-state index in [0.29, 0.717) is 10.6 Å². The van der Waals surface area contributed by atoms with Gasteiger partial charge in [0.15, 0.2) is 0 Å². The predicted molar refractivity (Wildman–Crippen MR) is 124 cm³/mol. The number of amides is 1. The Morgan fingerprint density at radius 1 is 1.00 bits per heavy atom. The van der Waals surface area contributed by atoms with Crippen molar-refractivity contribution in [1.29, 1.82) is 5.26 Å². The number of nitriles is 1. The van der Waals surface area contributed by atoms with E-state index < -0.39 is 0 Å². The van der Waals surface area contributed by atoms with Crippen LogP contribution in [0.4, 0.5) is 11.4 Å². The van der Waals surface area contributed by atoms with Crippen LogP contribution in [0.25, 0.3) is 0 Å². The molecule has 1 atom stereocenters. The summed E-state index contributed by atoms with van der Waals surface area (Å²) in [6, 6.07) is 20.6. The van der Waals surface area contributed by atoms with Gasteiger partial charge in [-0.1, -0.05) is 48.2 Å². The summed E-state index contributed by atoms with van der Waals surface area (Å²) in [5.41, 5.74) is 7.08. The van der Waals surface area contributed by atoms with E-state index >= 15 is 0 Å². The Hall–Kier alpha value is -3.10. The Bertz CT molecular complexity index is 1170. The Balaban J connectivity index is 1.51. The first-order chi connectivity index (χ1) is 15.2. The lowest BCUT2D eigenvalue weighted by Crippen LogP contribution is -2.33. The van der Waals surface area contributed by atoms with Gasteiger partial charge in [-0.25, -0.2) is 4.98 Å². The molecule has 0 spiro atoms. The number of benzene rings is 2. The molecule has 0 saturated carbocycles. The summed E-state index contributed by atoms with van der Waals surface area (Å²) in [7, 11) is 0. The molecule has 1 aliphatic carbocycles. The number of carbonyl (C=O) groups is 1. The third-order valence-electron chi connectivity index (χ3n) is 6.12. The molecule has 0 N–H and O–H groups in total. The van der Waals surface area contributed by atoms with Gasteiger partial charge in [0, 0.05) is 5.69 Å². The highest BCUT2D eigenvalue weighted by molar-refractivity contribution is 8.00. The molecule has 154 valence electrons. The van der Waals surface area contributed by atoms with Gasteiger partial charge in [0.05, 0.1) is 22.2 Å². The molecule has 2 heterocycles. The molecule has 3 aromatic rings. The minimum Gasteiger partial charge on any atom is -0.280 e. The number of fused-ring (bicyclic) bond motifs is 3. The van der Waals surface area contributed by atoms with Gasteiger partial charge in [-0.05, 0) is 73.9 Å². The van der Waals surface area contributed by atoms with Crippen molar-refractivity contribution in [2.75, 3.05) is 4.90 Å². The second kappa shape index (κ2) is 8.20. The van der Waals surface area contributed by atoms with E-state index in [1.54, 1.807) is 0 Å². The van der Waals surface area contributed by atoms with Crippen molar-refractivity contribution >= 4 is 29.0 Å². The second-order valence-electron chi connectivity index (χ2n) is 8.10. The summed E-state index contributed by atoms with van der Waals surface area (Å²) in [5.74, 6) is 0.0120. The molecule has 4 nitrogen and oxygen atoms in total. The van der Waals surface area contributed by atoms with Crippen LogP contribution in [-0.4, -0.2) is 16.1 Å². The largest absolute Gasteiger partial charge is 0.280 e. The van der Waals surface area contributed by atoms with Crippen molar-refractivity contribution in [1.82, 2.24) is 4.98 Å². The van der Waals surface area contributed by atoms with E-state index in [0.717, 1.165) is 49.2 Å². The maximum Gasteiger partial charge on any atom is 0.244 e. The van der Waals surface area contributed by atoms with E-state index in [9.17, 15) is 10.1 Å². The van der Waals surface area contributed by atoms with Crippen LogP contribution >= 0.6 is 11.8 Å². The number of nitrogens with zero attached hydrogens (tertiary/aromatic N) is 3. The molecule has 0 radical (unpaired) electrons. The average Bonchev–Trinajstić information content (AvgIpc) is 3.18. The molecule has 31 heavy (non-hydrogen) atoms. The molecule has 1 aliphatic heterocycles. The third-order valence-corrected chi connectivity index (χ3v) is 7.21. The zero-order valence-electron chi connectivity index (χ0n) is 17.5. The van der Waals surface area contributed by atoms with Gasteiger partial charge < -0.3 is 0 Å². The van der Waals surface area contributed by atoms with E-state index in [1.807, 2.05) is 54.3 Å². The molecule has 2 aromatic carbocycles. The number of aryl methyl sites for hydroxylation is 4. The van der Waals surface area contributed by atoms with Crippen molar-refractivity contribution in [3.63, 3.8) is 0 Å². The predicted octanol–water partition coefficient (Wildman–Crippen LogP) is 5.39. The quantitative estimate of drug-likeness (QED) is 0.528. The van der Waals surface area contributed by atoms with Crippen LogP contribution in [0.5, 0.6) is 0 Å². The van der Waals surface area contributed by atoms with Crippen LogP contribution in [-0.2, 0) is 30.5 Å². The fourth-order valence-corrected chi connectivity index (χ4v) is 5.48. The number of carbonyl (C=O) groups excluding carboxylic acids is 1. The highest BCUT2D eigenvalue weighted by atomic mass is 32.2. The van der Waals surface area contributed by atoms with Gasteiger partial charge in [-0.15, -0.1) is 0 Å². The highest BCUT2D eigenvalue weighted by Gasteiger charge is 2.30. The zero-order valence-corrected chi connectivity index (χ0v) is 18.3. The number of aromatic nitrogens is 1. The van der Waals surface area contributed by atoms with E-state index in [2.05, 4.69) is 18.2 Å². The number of hydrogen-bond acceptors (Lipinski definition) is 4. The average molecular weight is 426 g/mol. The first-order valence-electron chi connectivity index (χ1n) is 10.7. The first-order valence-corrected chi connectivity index (χ1v) is 11.6. The summed E-state index contributed by atoms with van der Waals surface area (Å²) in [6.45, 7) is 1.92. The molecular weight excluding hydrogens is 402 g/mol. The molecule has 5 heteroatoms. The maximum atomic E-state index is 13.8. The number of thioether (sulfide) groups is 1. The minimum atomic E-state index is -0.377. The highest BCUT2D eigenvalue weighted by Crippen LogP contribution is 2.38. The maximum absolute atomic E-state index is 13.8. The lowest BCUT2D eigenvalue weighted by Gasteiger charge is -2.27. The Morgan fingerprint density at radius 3 is 2.29 bits per heavy atom. The van der Waals surface area contributed by atoms with E-state index in [-0.39, 0.29) is 11.2 Å². The Labute approximate surface area is 186 Å². The fraction of sp³-hybridized carbons (Fsp3) is 0.269. The molecule has 1 unspecified atom stereocenters. The van der Waals surface area contributed by atoms with Gasteiger partial charge in [0.1, 0.15) is 11.1 Å². The van der Waals surface area contributed by atoms with E-state index in [1.165, 1.54) is 28.5 Å². The first kappa shape index (κ1) is 19.8. The van der Waals surface area contributed by atoms with Crippen LogP contribution in [0.3, 0.4) is 0 Å². The standard InChI is InChI=1S/C26H23N3OS/c1-17(31-25-21(16-27)15-20-9-6-10-22(20)28-25)26(30)29-23-11-4-2-7-18(23)13-14-19-8-3-5-12-24(19)29/h2-5,7-8,11-12,15,17H,6,9-10,13-14H2,1H3. The van der Waals surface area contributed by atoms with Gasteiger partial charge in [0.2, 0.25) is 5.91 Å². The Kier molecular flexibility index (Phi) is 5.25. The normalized spacial score (nSPS) is 15.3. The van der Waals surface area contributed by atoms with Crippen molar-refractivity contribution in [2.24, 2.45) is 0 Å². The lowest BCUT2D eigenvalue weighted by molar-refractivity contribution is -0.117. The molecule has 0 saturated heterocycles. The molecule has 0 fully saturated rings. The molecule has 0 bridgehead atoms. The van der Waals surface area contributed by atoms with Crippen molar-refractivity contribution in [2.45, 2.75) is 49.3 Å². The monoisotopic (exact) mass is 425 g/mol. The topological polar surface area (TPSA) is 57.0 Å². The van der Waals surface area contributed by atoms with Crippen LogP contribution in [0, 0.1) is 11.3 Å². The van der Waals surface area contributed by atoms with Gasteiger partial charge in [-0.2, -0.15) is 5.26 Å². The number of anilines is 2. The van der Waals surface area contributed by atoms with E-state index in [4.69, 9.17) is 4.98 Å². The smallest absolute Gasteiger partial charge is 0.244 e. The van der Waals surface area contributed by atoms with Crippen LogP contribution < -0.4 is 4.90 Å².